The van der Waals surface area contributed by atoms with Crippen LogP contribution in [0.2, 0.25) is 0 Å². The fourth-order valence-corrected chi connectivity index (χ4v) is 4.44. The molecule has 0 unspecified atom stereocenters. The number of likely N-dealkylation sites (tertiary alicyclic amines) is 1. The second-order valence-corrected chi connectivity index (χ2v) is 8.09. The van der Waals surface area contributed by atoms with Crippen molar-refractivity contribution in [1.82, 2.24) is 19.7 Å². The molecule has 0 atom stereocenters. The molecule has 0 aliphatic carbocycles. The average molecular weight is 416 g/mol. The standard InChI is InChI=1S/C20H25N5O3S/c1-2-15-4-3-5-16(14-15)25-19(23-8-11-28-12-9-23)21-22-20(25)29-13-10-24-17(26)6-7-18(24)27/h3-5,14H,2,6-13H2,1H3. The number of aryl methyl sites for hydroxylation is 1. The molecule has 0 radical (unpaired) electrons. The molecule has 0 N–H and O–H groups in total. The van der Waals surface area contributed by atoms with Crippen molar-refractivity contribution in [3.05, 3.63) is 29.8 Å². The number of hydrogen-bond donors (Lipinski definition) is 0. The minimum atomic E-state index is -0.0817. The Hall–Kier alpha value is -2.39. The second-order valence-electron chi connectivity index (χ2n) is 7.03. The third-order valence-corrected chi connectivity index (χ3v) is 6.10. The van der Waals surface area contributed by atoms with Gasteiger partial charge in [0.15, 0.2) is 5.16 Å². The van der Waals surface area contributed by atoms with Crippen LogP contribution in [0.25, 0.3) is 5.69 Å². The van der Waals surface area contributed by atoms with Gasteiger partial charge in [0, 0.05) is 38.2 Å². The topological polar surface area (TPSA) is 80.6 Å². The van der Waals surface area contributed by atoms with E-state index >= 15 is 0 Å². The lowest BCUT2D eigenvalue weighted by molar-refractivity contribution is -0.137. The Labute approximate surface area is 174 Å². The predicted octanol–water partition coefficient (Wildman–Crippen LogP) is 1.91. The summed E-state index contributed by atoms with van der Waals surface area (Å²) in [7, 11) is 0. The van der Waals surface area contributed by atoms with E-state index in [1.807, 2.05) is 6.07 Å². The normalized spacial score (nSPS) is 17.4. The summed E-state index contributed by atoms with van der Waals surface area (Å²) in [4.78, 5) is 27.2. The summed E-state index contributed by atoms with van der Waals surface area (Å²) in [5.74, 6) is 1.23. The molecular weight excluding hydrogens is 390 g/mol. The van der Waals surface area contributed by atoms with Crippen molar-refractivity contribution in [3.63, 3.8) is 0 Å². The molecule has 0 saturated carbocycles. The van der Waals surface area contributed by atoms with Crippen LogP contribution in [0, 0.1) is 0 Å². The fourth-order valence-electron chi connectivity index (χ4n) is 3.57. The predicted molar refractivity (Wildman–Crippen MR) is 110 cm³/mol. The smallest absolute Gasteiger partial charge is 0.232 e. The molecule has 4 rings (SSSR count). The molecule has 3 heterocycles. The Morgan fingerprint density at radius 1 is 1.10 bits per heavy atom. The second kappa shape index (κ2) is 8.96. The van der Waals surface area contributed by atoms with E-state index in [2.05, 4.69) is 44.8 Å². The molecule has 8 nitrogen and oxygen atoms in total. The molecule has 0 bridgehead atoms. The summed E-state index contributed by atoms with van der Waals surface area (Å²) >= 11 is 1.52. The summed E-state index contributed by atoms with van der Waals surface area (Å²) in [6, 6.07) is 8.38. The maximum absolute atomic E-state index is 11.8. The Balaban J connectivity index is 1.58. The number of thioether (sulfide) groups is 1. The number of ether oxygens (including phenoxy) is 1. The molecule has 2 saturated heterocycles. The van der Waals surface area contributed by atoms with Crippen molar-refractivity contribution in [2.75, 3.05) is 43.5 Å². The summed E-state index contributed by atoms with van der Waals surface area (Å²) in [5.41, 5.74) is 2.26. The van der Waals surface area contributed by atoms with Crippen molar-refractivity contribution in [2.24, 2.45) is 0 Å². The van der Waals surface area contributed by atoms with Crippen molar-refractivity contribution in [3.8, 4) is 5.69 Å². The molecule has 9 heteroatoms. The minimum absolute atomic E-state index is 0.0817. The largest absolute Gasteiger partial charge is 0.378 e. The van der Waals surface area contributed by atoms with Gasteiger partial charge in [-0.1, -0.05) is 30.8 Å². The Morgan fingerprint density at radius 3 is 2.59 bits per heavy atom. The summed E-state index contributed by atoms with van der Waals surface area (Å²) in [6.07, 6.45) is 1.60. The summed E-state index contributed by atoms with van der Waals surface area (Å²) < 4.78 is 7.55. The van der Waals surface area contributed by atoms with Gasteiger partial charge < -0.3 is 9.64 Å². The highest BCUT2D eigenvalue weighted by molar-refractivity contribution is 7.99. The average Bonchev–Trinajstić information content (AvgIpc) is 3.32. The number of aromatic nitrogens is 3. The Bertz CT molecular complexity index is 878. The highest BCUT2D eigenvalue weighted by atomic mass is 32.2. The molecular formula is C20H25N5O3S. The van der Waals surface area contributed by atoms with Gasteiger partial charge in [0.05, 0.1) is 18.9 Å². The quantitative estimate of drug-likeness (QED) is 0.505. The lowest BCUT2D eigenvalue weighted by Crippen LogP contribution is -2.37. The van der Waals surface area contributed by atoms with Crippen LogP contribution in [0.4, 0.5) is 5.95 Å². The van der Waals surface area contributed by atoms with Crippen molar-refractivity contribution in [2.45, 2.75) is 31.3 Å². The van der Waals surface area contributed by atoms with Crippen LogP contribution in [0.1, 0.15) is 25.3 Å². The van der Waals surface area contributed by atoms with Gasteiger partial charge >= 0.3 is 0 Å². The zero-order valence-corrected chi connectivity index (χ0v) is 17.4. The van der Waals surface area contributed by atoms with Gasteiger partial charge in [-0.25, -0.2) is 0 Å². The van der Waals surface area contributed by atoms with Crippen molar-refractivity contribution in [1.29, 1.82) is 0 Å². The van der Waals surface area contributed by atoms with Crippen LogP contribution >= 0.6 is 11.8 Å². The molecule has 2 aromatic rings. The van der Waals surface area contributed by atoms with Gasteiger partial charge in [-0.05, 0) is 24.1 Å². The first-order valence-electron chi connectivity index (χ1n) is 10.0. The number of amides is 2. The van der Waals surface area contributed by atoms with Gasteiger partial charge in [-0.2, -0.15) is 0 Å². The number of carbonyl (C=O) groups excluding carboxylic acids is 2. The first-order chi connectivity index (χ1) is 14.2. The maximum Gasteiger partial charge on any atom is 0.232 e. The van der Waals surface area contributed by atoms with E-state index in [1.165, 1.54) is 22.2 Å². The van der Waals surface area contributed by atoms with Crippen molar-refractivity contribution >= 4 is 29.5 Å². The van der Waals surface area contributed by atoms with Crippen LogP contribution in [-0.4, -0.2) is 70.1 Å². The summed E-state index contributed by atoms with van der Waals surface area (Å²) in [6.45, 7) is 5.41. The van der Waals surface area contributed by atoms with Gasteiger partial charge in [-0.15, -0.1) is 10.2 Å². The van der Waals surface area contributed by atoms with E-state index < -0.39 is 0 Å². The number of imide groups is 1. The Kier molecular flexibility index (Phi) is 6.15. The van der Waals surface area contributed by atoms with Crippen LogP contribution < -0.4 is 4.90 Å². The molecule has 29 heavy (non-hydrogen) atoms. The highest BCUT2D eigenvalue weighted by Crippen LogP contribution is 2.28. The molecule has 2 fully saturated rings. The molecule has 154 valence electrons. The van der Waals surface area contributed by atoms with Crippen molar-refractivity contribution < 1.29 is 14.3 Å². The van der Waals surface area contributed by atoms with Crippen LogP contribution in [0.5, 0.6) is 0 Å². The Morgan fingerprint density at radius 2 is 1.86 bits per heavy atom. The van der Waals surface area contributed by atoms with Gasteiger partial charge in [0.25, 0.3) is 0 Å². The minimum Gasteiger partial charge on any atom is -0.378 e. The first kappa shape index (κ1) is 19.9. The first-order valence-corrected chi connectivity index (χ1v) is 11.0. The number of carbonyl (C=O) groups is 2. The molecule has 2 aliphatic heterocycles. The maximum atomic E-state index is 11.8. The van der Waals surface area contributed by atoms with Gasteiger partial charge in [-0.3, -0.25) is 19.1 Å². The van der Waals surface area contributed by atoms with E-state index in [-0.39, 0.29) is 11.8 Å². The third-order valence-electron chi connectivity index (χ3n) is 5.19. The number of benzene rings is 1. The number of hydrogen-bond acceptors (Lipinski definition) is 7. The molecule has 2 amide bonds. The van der Waals surface area contributed by atoms with E-state index in [0.29, 0.717) is 38.4 Å². The fraction of sp³-hybridized carbons (Fsp3) is 0.500. The van der Waals surface area contributed by atoms with Gasteiger partial charge in [0.2, 0.25) is 17.8 Å². The summed E-state index contributed by atoms with van der Waals surface area (Å²) in [5, 5.41) is 9.66. The highest BCUT2D eigenvalue weighted by Gasteiger charge is 2.28. The van der Waals surface area contributed by atoms with E-state index in [9.17, 15) is 9.59 Å². The monoisotopic (exact) mass is 415 g/mol. The number of morpholine rings is 1. The zero-order valence-electron chi connectivity index (χ0n) is 16.5. The van der Waals surface area contributed by atoms with Crippen LogP contribution in [-0.2, 0) is 20.7 Å². The molecule has 0 spiro atoms. The van der Waals surface area contributed by atoms with Crippen LogP contribution in [0.3, 0.4) is 0 Å². The lowest BCUT2D eigenvalue weighted by atomic mass is 10.1. The third kappa shape index (κ3) is 4.30. The molecule has 2 aliphatic rings. The number of rotatable bonds is 7. The van der Waals surface area contributed by atoms with E-state index in [0.717, 1.165) is 36.3 Å². The number of nitrogens with zero attached hydrogens (tertiary/aromatic N) is 5. The van der Waals surface area contributed by atoms with Crippen LogP contribution in [0.15, 0.2) is 29.4 Å². The number of anilines is 1. The lowest BCUT2D eigenvalue weighted by Gasteiger charge is -2.28. The molecule has 1 aromatic heterocycles. The van der Waals surface area contributed by atoms with E-state index in [4.69, 9.17) is 4.74 Å². The molecule has 1 aromatic carbocycles. The van der Waals surface area contributed by atoms with Gasteiger partial charge in [0.1, 0.15) is 0 Å². The zero-order chi connectivity index (χ0) is 20.2. The van der Waals surface area contributed by atoms with E-state index in [1.54, 1.807) is 0 Å². The SMILES string of the molecule is CCc1cccc(-n2c(SCCN3C(=O)CCC3=O)nnc2N2CCOCC2)c1.